The summed E-state index contributed by atoms with van der Waals surface area (Å²) in [7, 11) is 4.68. The zero-order chi connectivity index (χ0) is 21.4. The fourth-order valence-electron chi connectivity index (χ4n) is 4.06. The number of benzene rings is 1. The van der Waals surface area contributed by atoms with Crippen LogP contribution in [0.4, 0.5) is 5.69 Å². The van der Waals surface area contributed by atoms with Crippen LogP contribution >= 0.6 is 0 Å². The summed E-state index contributed by atoms with van der Waals surface area (Å²) in [6, 6.07) is 5.81. The van der Waals surface area contributed by atoms with Crippen LogP contribution in [0.5, 0.6) is 5.75 Å². The first-order chi connectivity index (χ1) is 14.4. The molecule has 1 amide bonds. The highest BCUT2D eigenvalue weighted by Gasteiger charge is 2.23. The van der Waals surface area contributed by atoms with Gasteiger partial charge in [-0.25, -0.2) is 9.78 Å². The first-order valence-electron chi connectivity index (χ1n) is 10.0. The number of methoxy groups -OCH3 is 1. The molecule has 0 unspecified atom stereocenters. The summed E-state index contributed by atoms with van der Waals surface area (Å²) in [5.74, 6) is 0.858. The quantitative estimate of drug-likeness (QED) is 0.629. The molecule has 9 nitrogen and oxygen atoms in total. The van der Waals surface area contributed by atoms with Gasteiger partial charge in [0.15, 0.2) is 11.2 Å². The average Bonchev–Trinajstić information content (AvgIpc) is 3.19. The van der Waals surface area contributed by atoms with Gasteiger partial charge in [0.1, 0.15) is 5.75 Å². The Morgan fingerprint density at radius 3 is 2.77 bits per heavy atom. The summed E-state index contributed by atoms with van der Waals surface area (Å²) < 4.78 is 9.44. The van der Waals surface area contributed by atoms with Crippen molar-refractivity contribution in [2.75, 3.05) is 18.6 Å². The zero-order valence-electron chi connectivity index (χ0n) is 17.4. The number of fused-ring (bicyclic) bond motifs is 2. The number of amides is 1. The topological polar surface area (TPSA) is 91.4 Å². The number of anilines is 1. The molecule has 3 heterocycles. The van der Waals surface area contributed by atoms with Crippen LogP contribution in [0.1, 0.15) is 24.8 Å². The summed E-state index contributed by atoms with van der Waals surface area (Å²) in [5.41, 5.74) is 2.02. The standard InChI is InChI=1S/C21H25N5O4/c1-23-19-18(20(28)24(2)21(23)29)25(13-22-19)10-5-7-17(27)26-11-4-6-14-12-15(30-3)8-9-16(14)26/h8-9,12-13H,4-7,10-11H2,1-3H3. The van der Waals surface area contributed by atoms with Crippen LogP contribution < -0.4 is 20.9 Å². The third-order valence-electron chi connectivity index (χ3n) is 5.71. The van der Waals surface area contributed by atoms with E-state index in [2.05, 4.69) is 4.98 Å². The van der Waals surface area contributed by atoms with Gasteiger partial charge in [-0.3, -0.25) is 18.7 Å². The summed E-state index contributed by atoms with van der Waals surface area (Å²) >= 11 is 0. The minimum atomic E-state index is -0.409. The number of nitrogens with zero attached hydrogens (tertiary/aromatic N) is 5. The van der Waals surface area contributed by atoms with Crippen LogP contribution in [0, 0.1) is 0 Å². The Labute approximate surface area is 173 Å². The SMILES string of the molecule is COc1ccc2c(c1)CCCN2C(=O)CCCn1cnc2c1c(=O)n(C)c(=O)n2C. The Morgan fingerprint density at radius 2 is 2.00 bits per heavy atom. The number of rotatable bonds is 5. The van der Waals surface area contributed by atoms with E-state index < -0.39 is 5.69 Å². The molecular weight excluding hydrogens is 386 g/mol. The van der Waals surface area contributed by atoms with Gasteiger partial charge in [0.25, 0.3) is 5.56 Å². The van der Waals surface area contributed by atoms with Gasteiger partial charge in [-0.05, 0) is 43.0 Å². The molecule has 0 saturated heterocycles. The van der Waals surface area contributed by atoms with Gasteiger partial charge in [0.2, 0.25) is 5.91 Å². The number of carbonyl (C=O) groups excluding carboxylic acids is 1. The van der Waals surface area contributed by atoms with Crippen LogP contribution in [0.15, 0.2) is 34.1 Å². The molecule has 0 fully saturated rings. The van der Waals surface area contributed by atoms with Crippen molar-refractivity contribution in [2.24, 2.45) is 14.1 Å². The number of imidazole rings is 1. The second-order valence-corrected chi connectivity index (χ2v) is 7.56. The van der Waals surface area contributed by atoms with Gasteiger partial charge < -0.3 is 14.2 Å². The van der Waals surface area contributed by atoms with Crippen LogP contribution in [0.3, 0.4) is 0 Å². The Balaban J connectivity index is 1.49. The molecule has 1 aliphatic rings. The number of carbonyl (C=O) groups is 1. The summed E-state index contributed by atoms with van der Waals surface area (Å²) in [5, 5.41) is 0. The first-order valence-corrected chi connectivity index (χ1v) is 10.0. The van der Waals surface area contributed by atoms with Gasteiger partial charge in [0.05, 0.1) is 13.4 Å². The fraction of sp³-hybridized carbons (Fsp3) is 0.429. The van der Waals surface area contributed by atoms with Crippen LogP contribution in [0.2, 0.25) is 0 Å². The van der Waals surface area contributed by atoms with Gasteiger partial charge in [-0.2, -0.15) is 0 Å². The highest BCUT2D eigenvalue weighted by molar-refractivity contribution is 5.94. The van der Waals surface area contributed by atoms with Crippen molar-refractivity contribution in [2.45, 2.75) is 32.2 Å². The van der Waals surface area contributed by atoms with E-state index in [-0.39, 0.29) is 11.5 Å². The van der Waals surface area contributed by atoms with Gasteiger partial charge >= 0.3 is 5.69 Å². The second kappa shape index (κ2) is 7.81. The Morgan fingerprint density at radius 1 is 1.20 bits per heavy atom. The van der Waals surface area contributed by atoms with Crippen molar-refractivity contribution in [3.63, 3.8) is 0 Å². The van der Waals surface area contributed by atoms with E-state index in [1.165, 1.54) is 11.6 Å². The third-order valence-corrected chi connectivity index (χ3v) is 5.71. The van der Waals surface area contributed by atoms with E-state index in [1.54, 1.807) is 25.1 Å². The van der Waals surface area contributed by atoms with Crippen molar-refractivity contribution >= 4 is 22.8 Å². The smallest absolute Gasteiger partial charge is 0.332 e. The van der Waals surface area contributed by atoms with E-state index in [9.17, 15) is 14.4 Å². The third kappa shape index (κ3) is 3.30. The monoisotopic (exact) mass is 411 g/mol. The molecule has 0 N–H and O–H groups in total. The van der Waals surface area contributed by atoms with Crippen LogP contribution in [0.25, 0.3) is 11.2 Å². The molecule has 3 aromatic rings. The van der Waals surface area contributed by atoms with Gasteiger partial charge in [-0.1, -0.05) is 0 Å². The molecule has 1 aromatic carbocycles. The molecule has 2 aromatic heterocycles. The average molecular weight is 411 g/mol. The lowest BCUT2D eigenvalue weighted by atomic mass is 10.0. The highest BCUT2D eigenvalue weighted by Crippen LogP contribution is 2.31. The molecule has 0 radical (unpaired) electrons. The first kappa shape index (κ1) is 19.9. The van der Waals surface area contributed by atoms with E-state index >= 15 is 0 Å². The zero-order valence-corrected chi connectivity index (χ0v) is 17.4. The number of hydrogen-bond donors (Lipinski definition) is 0. The molecule has 0 aliphatic carbocycles. The number of ether oxygens (including phenoxy) is 1. The lowest BCUT2D eigenvalue weighted by molar-refractivity contribution is -0.118. The molecule has 30 heavy (non-hydrogen) atoms. The van der Waals surface area contributed by atoms with Crippen LogP contribution in [-0.4, -0.2) is 38.2 Å². The van der Waals surface area contributed by atoms with E-state index in [0.29, 0.717) is 37.1 Å². The van der Waals surface area contributed by atoms with Crippen molar-refractivity contribution < 1.29 is 9.53 Å². The number of aromatic nitrogens is 4. The molecule has 1 aliphatic heterocycles. The maximum Gasteiger partial charge on any atom is 0.332 e. The number of aryl methyl sites for hydroxylation is 3. The molecule has 0 spiro atoms. The Hall–Kier alpha value is -3.36. The molecular formula is C21H25N5O4. The van der Waals surface area contributed by atoms with Gasteiger partial charge in [-0.15, -0.1) is 0 Å². The molecule has 9 heteroatoms. The molecule has 4 rings (SSSR count). The normalized spacial score (nSPS) is 13.5. The van der Waals surface area contributed by atoms with E-state index in [0.717, 1.165) is 34.4 Å². The lowest BCUT2D eigenvalue weighted by Gasteiger charge is -2.30. The maximum atomic E-state index is 12.9. The Bertz CT molecular complexity index is 1240. The largest absolute Gasteiger partial charge is 0.497 e. The van der Waals surface area contributed by atoms with Gasteiger partial charge in [0, 0.05) is 39.3 Å². The molecule has 0 bridgehead atoms. The van der Waals surface area contributed by atoms with E-state index in [1.807, 2.05) is 23.1 Å². The lowest BCUT2D eigenvalue weighted by Crippen LogP contribution is -2.37. The minimum absolute atomic E-state index is 0.0610. The van der Waals surface area contributed by atoms with Crippen molar-refractivity contribution in [1.82, 2.24) is 18.7 Å². The molecule has 0 atom stereocenters. The van der Waals surface area contributed by atoms with E-state index in [4.69, 9.17) is 4.74 Å². The van der Waals surface area contributed by atoms with Crippen LogP contribution in [-0.2, 0) is 31.9 Å². The molecule has 158 valence electrons. The maximum absolute atomic E-state index is 12.9. The number of hydrogen-bond acceptors (Lipinski definition) is 5. The van der Waals surface area contributed by atoms with Crippen molar-refractivity contribution in [1.29, 1.82) is 0 Å². The Kier molecular flexibility index (Phi) is 5.19. The molecule has 0 saturated carbocycles. The minimum Gasteiger partial charge on any atom is -0.497 e. The summed E-state index contributed by atoms with van der Waals surface area (Å²) in [4.78, 5) is 43.5. The highest BCUT2D eigenvalue weighted by atomic mass is 16.5. The van der Waals surface area contributed by atoms with Crippen molar-refractivity contribution in [3.05, 3.63) is 50.9 Å². The second-order valence-electron chi connectivity index (χ2n) is 7.56. The fourth-order valence-corrected chi connectivity index (χ4v) is 4.06. The van der Waals surface area contributed by atoms with Crippen molar-refractivity contribution in [3.8, 4) is 5.75 Å². The summed E-state index contributed by atoms with van der Waals surface area (Å²) in [6.45, 7) is 1.17. The summed E-state index contributed by atoms with van der Waals surface area (Å²) in [6.07, 6.45) is 4.33. The predicted molar refractivity (Wildman–Crippen MR) is 113 cm³/mol. The predicted octanol–water partition coefficient (Wildman–Crippen LogP) is 1.20.